The third-order valence-corrected chi connectivity index (χ3v) is 6.00. The molecule has 0 saturated heterocycles. The predicted octanol–water partition coefficient (Wildman–Crippen LogP) is 4.78. The van der Waals surface area contributed by atoms with Crippen LogP contribution in [0.3, 0.4) is 0 Å². The first-order valence-electron chi connectivity index (χ1n) is 9.88. The molecule has 6 nitrogen and oxygen atoms in total. The van der Waals surface area contributed by atoms with E-state index in [9.17, 15) is 13.6 Å². The lowest BCUT2D eigenvalue weighted by Gasteiger charge is -2.32. The van der Waals surface area contributed by atoms with Crippen LogP contribution in [0, 0.1) is 17.6 Å². The summed E-state index contributed by atoms with van der Waals surface area (Å²) in [6.07, 6.45) is 5.67. The number of carbonyl (C=O) groups excluding carboxylic acids is 1. The molecule has 2 aromatic heterocycles. The van der Waals surface area contributed by atoms with Crippen molar-refractivity contribution in [2.24, 2.45) is 5.92 Å². The molecule has 1 N–H and O–H groups in total. The van der Waals surface area contributed by atoms with E-state index in [4.69, 9.17) is 0 Å². The number of carbonyl (C=O) groups is 1. The third-order valence-electron chi connectivity index (χ3n) is 5.17. The molecule has 1 amide bonds. The second-order valence-corrected chi connectivity index (χ2v) is 8.36. The maximum Gasteiger partial charge on any atom is 0.262 e. The van der Waals surface area contributed by atoms with Gasteiger partial charge in [-0.25, -0.2) is 18.7 Å². The van der Waals surface area contributed by atoms with Crippen LogP contribution in [0.4, 0.5) is 19.7 Å². The van der Waals surface area contributed by atoms with Crippen LogP contribution in [0.15, 0.2) is 47.7 Å². The Balaban J connectivity index is 1.56. The number of thiazole rings is 1. The Morgan fingerprint density at radius 1 is 1.16 bits per heavy atom. The van der Waals surface area contributed by atoms with Gasteiger partial charge < -0.3 is 10.2 Å². The van der Waals surface area contributed by atoms with Crippen LogP contribution in [-0.2, 0) is 0 Å². The van der Waals surface area contributed by atoms with Gasteiger partial charge in [0.1, 0.15) is 17.2 Å². The molecule has 0 saturated carbocycles. The minimum absolute atomic E-state index is 0.121. The normalized spacial score (nSPS) is 14.3. The summed E-state index contributed by atoms with van der Waals surface area (Å²) in [5.74, 6) is -2.29. The Kier molecular flexibility index (Phi) is 6.03. The van der Waals surface area contributed by atoms with E-state index in [1.165, 1.54) is 17.8 Å². The van der Waals surface area contributed by atoms with E-state index in [2.05, 4.69) is 39.0 Å². The summed E-state index contributed by atoms with van der Waals surface area (Å²) in [4.78, 5) is 27.6. The molecule has 4 rings (SSSR count). The van der Waals surface area contributed by atoms with Crippen LogP contribution in [0.25, 0.3) is 5.57 Å². The fourth-order valence-corrected chi connectivity index (χ4v) is 4.31. The molecule has 3 aromatic rings. The Morgan fingerprint density at radius 3 is 2.55 bits per heavy atom. The number of amides is 1. The van der Waals surface area contributed by atoms with Crippen LogP contribution >= 0.6 is 11.3 Å². The minimum atomic E-state index is -0.932. The van der Waals surface area contributed by atoms with Crippen molar-refractivity contribution in [3.8, 4) is 0 Å². The predicted molar refractivity (Wildman–Crippen MR) is 117 cm³/mol. The van der Waals surface area contributed by atoms with Gasteiger partial charge in [-0.3, -0.25) is 9.78 Å². The number of halogens is 2. The van der Waals surface area contributed by atoms with E-state index >= 15 is 0 Å². The fourth-order valence-electron chi connectivity index (χ4n) is 3.64. The highest BCUT2D eigenvalue weighted by Crippen LogP contribution is 2.33. The van der Waals surface area contributed by atoms with E-state index in [0.717, 1.165) is 35.8 Å². The van der Waals surface area contributed by atoms with Gasteiger partial charge in [0.25, 0.3) is 5.91 Å². The van der Waals surface area contributed by atoms with Crippen LogP contribution in [0.2, 0.25) is 0 Å². The van der Waals surface area contributed by atoms with Crippen LogP contribution < -0.4 is 10.2 Å². The minimum Gasteiger partial charge on any atom is -0.343 e. The lowest BCUT2D eigenvalue weighted by atomic mass is 9.89. The first kappa shape index (κ1) is 21.0. The second kappa shape index (κ2) is 8.89. The molecular weight excluding hydrogens is 420 g/mol. The number of nitrogens with zero attached hydrogens (tertiary/aromatic N) is 4. The van der Waals surface area contributed by atoms with Crippen LogP contribution in [-0.4, -0.2) is 33.9 Å². The quantitative estimate of drug-likeness (QED) is 0.617. The van der Waals surface area contributed by atoms with Crippen LogP contribution in [0.5, 0.6) is 0 Å². The Bertz CT molecular complexity index is 1090. The molecule has 0 fully saturated rings. The van der Waals surface area contributed by atoms with Gasteiger partial charge in [0.15, 0.2) is 10.9 Å². The van der Waals surface area contributed by atoms with Crippen molar-refractivity contribution in [1.29, 1.82) is 0 Å². The highest BCUT2D eigenvalue weighted by molar-refractivity contribution is 7.13. The molecule has 31 heavy (non-hydrogen) atoms. The zero-order valence-corrected chi connectivity index (χ0v) is 17.9. The number of aromatic nitrogens is 3. The molecule has 9 heteroatoms. The topological polar surface area (TPSA) is 71.0 Å². The van der Waals surface area contributed by atoms with Gasteiger partial charge in [-0.15, -0.1) is 11.3 Å². The summed E-state index contributed by atoms with van der Waals surface area (Å²) in [6.45, 7) is 5.86. The molecule has 0 bridgehead atoms. The molecule has 0 aliphatic carbocycles. The van der Waals surface area contributed by atoms with Crippen molar-refractivity contribution < 1.29 is 13.6 Å². The maximum absolute atomic E-state index is 13.8. The van der Waals surface area contributed by atoms with Gasteiger partial charge in [-0.2, -0.15) is 0 Å². The maximum atomic E-state index is 13.8. The average Bonchev–Trinajstić information content (AvgIpc) is 3.29. The van der Waals surface area contributed by atoms with Crippen molar-refractivity contribution in [3.05, 3.63) is 70.6 Å². The Labute approximate surface area is 182 Å². The summed E-state index contributed by atoms with van der Waals surface area (Å²) in [5.41, 5.74) is 2.46. The van der Waals surface area contributed by atoms with Gasteiger partial charge >= 0.3 is 0 Å². The van der Waals surface area contributed by atoms with Gasteiger partial charge in [0, 0.05) is 24.7 Å². The number of benzene rings is 1. The molecule has 160 valence electrons. The molecule has 1 aliphatic rings. The van der Waals surface area contributed by atoms with E-state index in [0.29, 0.717) is 18.2 Å². The molecule has 1 aromatic carbocycles. The van der Waals surface area contributed by atoms with Crippen molar-refractivity contribution in [3.63, 3.8) is 0 Å². The van der Waals surface area contributed by atoms with Crippen molar-refractivity contribution in [1.82, 2.24) is 15.0 Å². The molecule has 0 atom stereocenters. The van der Waals surface area contributed by atoms with E-state index < -0.39 is 23.1 Å². The van der Waals surface area contributed by atoms with Gasteiger partial charge in [0.05, 0.1) is 18.1 Å². The molecule has 3 heterocycles. The number of nitrogens with one attached hydrogen (secondary N) is 1. The molecule has 0 unspecified atom stereocenters. The largest absolute Gasteiger partial charge is 0.343 e. The van der Waals surface area contributed by atoms with Crippen molar-refractivity contribution in [2.75, 3.05) is 23.3 Å². The number of anilines is 2. The lowest BCUT2D eigenvalue weighted by molar-refractivity contribution is 0.101. The second-order valence-electron chi connectivity index (χ2n) is 7.48. The highest BCUT2D eigenvalue weighted by Gasteiger charge is 2.24. The number of hydrogen-bond donors (Lipinski definition) is 1. The fraction of sp³-hybridized carbons (Fsp3) is 0.273. The first-order chi connectivity index (χ1) is 14.9. The average molecular weight is 442 g/mol. The van der Waals surface area contributed by atoms with Crippen LogP contribution in [0.1, 0.15) is 36.3 Å². The monoisotopic (exact) mass is 441 g/mol. The van der Waals surface area contributed by atoms with E-state index in [1.54, 1.807) is 23.7 Å². The summed E-state index contributed by atoms with van der Waals surface area (Å²) < 4.78 is 27.7. The van der Waals surface area contributed by atoms with Gasteiger partial charge in [-0.05, 0) is 30.0 Å². The third kappa shape index (κ3) is 4.46. The van der Waals surface area contributed by atoms with Crippen molar-refractivity contribution in [2.45, 2.75) is 20.3 Å². The zero-order valence-electron chi connectivity index (χ0n) is 17.1. The summed E-state index contributed by atoms with van der Waals surface area (Å²) in [6, 6.07) is 3.27. The van der Waals surface area contributed by atoms with Crippen molar-refractivity contribution >= 4 is 33.8 Å². The molecule has 0 radical (unpaired) electrons. The number of rotatable bonds is 5. The molecule has 0 spiro atoms. The lowest BCUT2D eigenvalue weighted by Crippen LogP contribution is -2.32. The number of hydrogen-bond acceptors (Lipinski definition) is 6. The summed E-state index contributed by atoms with van der Waals surface area (Å²) >= 11 is 1.59. The zero-order chi connectivity index (χ0) is 22.0. The Hall–Kier alpha value is -3.20. The standard InChI is InChI=1S/C22H21F2N5OS/c1-13(2)14-6-8-29(22-25-7-9-31-22)12-15(14)18-10-27-19(11-26-18)28-21(30)20-16(23)4-3-5-17(20)24/h3-5,7,9-11,13H,6,8,12H2,1-2H3,(H,27,28,30). The smallest absolute Gasteiger partial charge is 0.262 e. The Morgan fingerprint density at radius 2 is 1.94 bits per heavy atom. The summed E-state index contributed by atoms with van der Waals surface area (Å²) in [7, 11) is 0. The summed E-state index contributed by atoms with van der Waals surface area (Å²) in [5, 5.41) is 5.32. The molecule has 1 aliphatic heterocycles. The SMILES string of the molecule is CC(C)C1=C(c2cnc(NC(=O)c3c(F)cccc3F)cn2)CN(c2nccs2)CC1. The van der Waals surface area contributed by atoms with Gasteiger partial charge in [-0.1, -0.05) is 25.5 Å². The van der Waals surface area contributed by atoms with E-state index in [1.807, 2.05) is 5.38 Å². The first-order valence-corrected chi connectivity index (χ1v) is 10.8. The van der Waals surface area contributed by atoms with E-state index in [-0.39, 0.29) is 5.82 Å². The highest BCUT2D eigenvalue weighted by atomic mass is 32.1. The molecular formula is C22H21F2N5OS. The van der Waals surface area contributed by atoms with Gasteiger partial charge in [0.2, 0.25) is 0 Å².